The van der Waals surface area contributed by atoms with Crippen LogP contribution < -0.4 is 10.8 Å². The maximum atomic E-state index is 10.3. The molecule has 0 aliphatic heterocycles. The first kappa shape index (κ1) is 8.32. The van der Waals surface area contributed by atoms with E-state index in [0.29, 0.717) is 0 Å². The number of hydrogen-bond donors (Lipinski definition) is 1. The van der Waals surface area contributed by atoms with Crippen LogP contribution in [0.3, 0.4) is 0 Å². The van der Waals surface area contributed by atoms with Crippen molar-refractivity contribution in [2.45, 2.75) is 0 Å². The van der Waals surface area contributed by atoms with E-state index in [0.717, 1.165) is 3.57 Å². The van der Waals surface area contributed by atoms with E-state index in [2.05, 4.69) is 22.6 Å². The molecule has 1 rings (SSSR count). The fraction of sp³-hybridized carbons (Fsp3) is 0. The number of carboxylic acids is 1. The summed E-state index contributed by atoms with van der Waals surface area (Å²) >= 11 is 2.05. The van der Waals surface area contributed by atoms with Gasteiger partial charge in [0.15, 0.2) is 0 Å². The standard InChI is InChI=1S/C7H6INO2/c8-4-1-2-5(7(10)11)6(9)3-4/h1-3H,9H2,(H,10,11)/p-1. The number of carbonyl (C=O) groups excluding carboxylic acids is 1. The highest BCUT2D eigenvalue weighted by Crippen LogP contribution is 2.14. The molecule has 0 aliphatic rings. The van der Waals surface area contributed by atoms with Crippen LogP contribution in [0, 0.1) is 3.57 Å². The van der Waals surface area contributed by atoms with Crippen molar-refractivity contribution in [2.75, 3.05) is 5.73 Å². The van der Waals surface area contributed by atoms with Crippen LogP contribution in [0.25, 0.3) is 0 Å². The fourth-order valence-electron chi connectivity index (χ4n) is 0.719. The molecule has 0 spiro atoms. The molecule has 0 amide bonds. The molecule has 58 valence electrons. The molecule has 0 aromatic heterocycles. The van der Waals surface area contributed by atoms with Gasteiger partial charge in [0.25, 0.3) is 0 Å². The predicted octanol–water partition coefficient (Wildman–Crippen LogP) is 0.237. The molecule has 1 aromatic rings. The minimum atomic E-state index is -1.24. The highest BCUT2D eigenvalue weighted by atomic mass is 127. The Kier molecular flexibility index (Phi) is 2.33. The zero-order valence-corrected chi connectivity index (χ0v) is 7.66. The van der Waals surface area contributed by atoms with Crippen molar-refractivity contribution in [1.29, 1.82) is 0 Å². The number of carbonyl (C=O) groups is 1. The van der Waals surface area contributed by atoms with Crippen molar-refractivity contribution in [3.8, 4) is 0 Å². The molecular weight excluding hydrogens is 257 g/mol. The Morgan fingerprint density at radius 3 is 2.64 bits per heavy atom. The van der Waals surface area contributed by atoms with E-state index in [-0.39, 0.29) is 11.3 Å². The van der Waals surface area contributed by atoms with Gasteiger partial charge in [0.1, 0.15) is 0 Å². The second-order valence-corrected chi connectivity index (χ2v) is 3.26. The van der Waals surface area contributed by atoms with Crippen LogP contribution in [0.5, 0.6) is 0 Å². The summed E-state index contributed by atoms with van der Waals surface area (Å²) in [5.74, 6) is -1.24. The molecule has 0 unspecified atom stereocenters. The summed E-state index contributed by atoms with van der Waals surface area (Å²) in [6.07, 6.45) is 0. The van der Waals surface area contributed by atoms with Crippen molar-refractivity contribution in [3.63, 3.8) is 0 Å². The summed E-state index contributed by atoms with van der Waals surface area (Å²) < 4.78 is 0.908. The molecule has 0 fully saturated rings. The van der Waals surface area contributed by atoms with E-state index in [4.69, 9.17) is 5.73 Å². The number of nitrogen functional groups attached to an aromatic ring is 1. The average Bonchev–Trinajstić information content (AvgIpc) is 1.85. The molecule has 3 nitrogen and oxygen atoms in total. The Balaban J connectivity index is 3.20. The Bertz CT molecular complexity index is 298. The summed E-state index contributed by atoms with van der Waals surface area (Å²) in [4.78, 5) is 10.3. The predicted molar refractivity (Wildman–Crippen MR) is 47.9 cm³/mol. The number of benzene rings is 1. The monoisotopic (exact) mass is 262 g/mol. The Morgan fingerprint density at radius 1 is 1.55 bits per heavy atom. The molecule has 0 saturated carbocycles. The molecule has 0 aliphatic carbocycles. The van der Waals surface area contributed by atoms with Crippen molar-refractivity contribution < 1.29 is 9.90 Å². The Hall–Kier alpha value is -0.780. The van der Waals surface area contributed by atoms with E-state index < -0.39 is 5.97 Å². The second-order valence-electron chi connectivity index (χ2n) is 2.02. The zero-order chi connectivity index (χ0) is 8.43. The molecular formula is C7H5INO2-. The number of anilines is 1. The molecule has 11 heavy (non-hydrogen) atoms. The van der Waals surface area contributed by atoms with E-state index in [1.54, 1.807) is 12.1 Å². The van der Waals surface area contributed by atoms with E-state index >= 15 is 0 Å². The van der Waals surface area contributed by atoms with Gasteiger partial charge < -0.3 is 15.6 Å². The third-order valence-corrected chi connectivity index (χ3v) is 1.90. The lowest BCUT2D eigenvalue weighted by molar-refractivity contribution is -0.254. The normalized spacial score (nSPS) is 9.55. The van der Waals surface area contributed by atoms with Crippen LogP contribution in [0.4, 0.5) is 5.69 Å². The Morgan fingerprint density at radius 2 is 2.18 bits per heavy atom. The van der Waals surface area contributed by atoms with E-state index in [1.165, 1.54) is 6.07 Å². The van der Waals surface area contributed by atoms with Crippen LogP contribution in [0.1, 0.15) is 10.4 Å². The largest absolute Gasteiger partial charge is 0.545 e. The third kappa shape index (κ3) is 1.83. The second kappa shape index (κ2) is 3.08. The number of aromatic carboxylic acids is 1. The Labute approximate surface area is 77.4 Å². The topological polar surface area (TPSA) is 66.2 Å². The summed E-state index contributed by atoms with van der Waals surface area (Å²) in [5.41, 5.74) is 5.69. The van der Waals surface area contributed by atoms with Crippen molar-refractivity contribution >= 4 is 34.2 Å². The van der Waals surface area contributed by atoms with Crippen LogP contribution in [-0.2, 0) is 0 Å². The maximum absolute atomic E-state index is 10.3. The van der Waals surface area contributed by atoms with Crippen LogP contribution in [0.2, 0.25) is 0 Å². The first-order chi connectivity index (χ1) is 5.11. The van der Waals surface area contributed by atoms with E-state index in [9.17, 15) is 9.90 Å². The van der Waals surface area contributed by atoms with Crippen molar-refractivity contribution in [1.82, 2.24) is 0 Å². The first-order valence-electron chi connectivity index (χ1n) is 2.87. The van der Waals surface area contributed by atoms with Crippen molar-refractivity contribution in [3.05, 3.63) is 27.3 Å². The summed E-state index contributed by atoms with van der Waals surface area (Å²) in [6.45, 7) is 0. The van der Waals surface area contributed by atoms with Crippen molar-refractivity contribution in [2.24, 2.45) is 0 Å². The molecule has 0 saturated heterocycles. The number of hydrogen-bond acceptors (Lipinski definition) is 3. The van der Waals surface area contributed by atoms with Gasteiger partial charge in [-0.2, -0.15) is 0 Å². The zero-order valence-electron chi connectivity index (χ0n) is 5.50. The summed E-state index contributed by atoms with van der Waals surface area (Å²) in [7, 11) is 0. The summed E-state index contributed by atoms with van der Waals surface area (Å²) in [6, 6.07) is 4.69. The molecule has 0 bridgehead atoms. The lowest BCUT2D eigenvalue weighted by atomic mass is 10.2. The number of halogens is 1. The van der Waals surface area contributed by atoms with Gasteiger partial charge in [-0.05, 0) is 34.7 Å². The van der Waals surface area contributed by atoms with Gasteiger partial charge in [-0.15, -0.1) is 0 Å². The number of carboxylic acid groups (broad SMARTS) is 1. The number of rotatable bonds is 1. The third-order valence-electron chi connectivity index (χ3n) is 1.23. The van der Waals surface area contributed by atoms with Gasteiger partial charge in [0.2, 0.25) is 0 Å². The van der Waals surface area contributed by atoms with Crippen LogP contribution in [-0.4, -0.2) is 5.97 Å². The fourth-order valence-corrected chi connectivity index (χ4v) is 1.23. The van der Waals surface area contributed by atoms with Gasteiger partial charge >= 0.3 is 0 Å². The number of nitrogens with two attached hydrogens (primary N) is 1. The van der Waals surface area contributed by atoms with Gasteiger partial charge in [-0.25, -0.2) is 0 Å². The first-order valence-corrected chi connectivity index (χ1v) is 3.95. The van der Waals surface area contributed by atoms with E-state index in [1.807, 2.05) is 0 Å². The highest BCUT2D eigenvalue weighted by molar-refractivity contribution is 14.1. The van der Waals surface area contributed by atoms with Gasteiger partial charge in [0.05, 0.1) is 5.97 Å². The van der Waals surface area contributed by atoms with Gasteiger partial charge in [-0.3, -0.25) is 0 Å². The molecule has 4 heteroatoms. The minimum Gasteiger partial charge on any atom is -0.545 e. The van der Waals surface area contributed by atoms with Gasteiger partial charge in [-0.1, -0.05) is 6.07 Å². The summed E-state index contributed by atoms with van der Waals surface area (Å²) in [5, 5.41) is 10.3. The average molecular weight is 262 g/mol. The highest BCUT2D eigenvalue weighted by Gasteiger charge is 1.98. The molecule has 0 radical (unpaired) electrons. The lowest BCUT2D eigenvalue weighted by Crippen LogP contribution is -2.23. The van der Waals surface area contributed by atoms with Crippen LogP contribution in [0.15, 0.2) is 18.2 Å². The van der Waals surface area contributed by atoms with Gasteiger partial charge in [0, 0.05) is 14.8 Å². The maximum Gasteiger partial charge on any atom is 0.0736 e. The SMILES string of the molecule is Nc1cc(I)ccc1C(=O)[O-]. The van der Waals surface area contributed by atoms with Crippen LogP contribution >= 0.6 is 22.6 Å². The minimum absolute atomic E-state index is 0.0467. The smallest absolute Gasteiger partial charge is 0.0736 e. The lowest BCUT2D eigenvalue weighted by Gasteiger charge is -2.05. The molecule has 0 heterocycles. The molecule has 2 N–H and O–H groups in total. The molecule has 0 atom stereocenters. The molecule has 1 aromatic carbocycles. The quantitative estimate of drug-likeness (QED) is 0.582.